The summed E-state index contributed by atoms with van der Waals surface area (Å²) in [6, 6.07) is 0. The molecular weight excluding hydrogens is 172 g/mol. The molecule has 0 aromatic carbocycles. The summed E-state index contributed by atoms with van der Waals surface area (Å²) in [5.41, 5.74) is 2.23. The van der Waals surface area contributed by atoms with Gasteiger partial charge in [0.25, 0.3) is 5.91 Å². The fourth-order valence-corrected chi connectivity index (χ4v) is 1.17. The van der Waals surface area contributed by atoms with Gasteiger partial charge in [0.05, 0.1) is 6.61 Å². The van der Waals surface area contributed by atoms with E-state index >= 15 is 0 Å². The topological polar surface area (TPSA) is 67.8 Å². The second-order valence-electron chi connectivity index (χ2n) is 2.84. The van der Waals surface area contributed by atoms with Gasteiger partial charge in [-0.2, -0.15) is 5.10 Å². The average Bonchev–Trinajstić information content (AvgIpc) is 2.04. The van der Waals surface area contributed by atoms with Crippen LogP contribution < -0.4 is 5.43 Å². The number of esters is 1. The van der Waals surface area contributed by atoms with Crippen LogP contribution in [0.2, 0.25) is 0 Å². The summed E-state index contributed by atoms with van der Waals surface area (Å²) in [5.74, 6) is -1.84. The number of rotatable bonds is 2. The molecule has 0 aliphatic carbocycles. The third kappa shape index (κ3) is 2.05. The maximum absolute atomic E-state index is 11.3. The molecule has 0 saturated heterocycles. The van der Waals surface area contributed by atoms with Crippen molar-refractivity contribution in [2.45, 2.75) is 13.8 Å². The van der Waals surface area contributed by atoms with Gasteiger partial charge in [0.15, 0.2) is 0 Å². The van der Waals surface area contributed by atoms with Crippen LogP contribution in [0.4, 0.5) is 0 Å². The Hall–Kier alpha value is -1.39. The van der Waals surface area contributed by atoms with E-state index in [9.17, 15) is 9.59 Å². The predicted octanol–water partition coefficient (Wildman–Crippen LogP) is -0.0826. The van der Waals surface area contributed by atoms with E-state index in [2.05, 4.69) is 10.5 Å². The standard InChI is InChI=1S/C8H12N2O3/c1-3-13-8(12)6-5(2)4-9-10-7(6)11/h4-6H,3H2,1-2H3,(H,10,11). The number of hydrogen-bond acceptors (Lipinski definition) is 4. The van der Waals surface area contributed by atoms with Gasteiger partial charge in [-0.05, 0) is 6.92 Å². The molecule has 0 radical (unpaired) electrons. The molecule has 72 valence electrons. The lowest BCUT2D eigenvalue weighted by molar-refractivity contribution is -0.153. The van der Waals surface area contributed by atoms with Gasteiger partial charge in [-0.3, -0.25) is 9.59 Å². The van der Waals surface area contributed by atoms with E-state index in [0.717, 1.165) is 0 Å². The lowest BCUT2D eigenvalue weighted by Crippen LogP contribution is -2.42. The van der Waals surface area contributed by atoms with Crippen molar-refractivity contribution >= 4 is 18.1 Å². The van der Waals surface area contributed by atoms with Crippen LogP contribution >= 0.6 is 0 Å². The van der Waals surface area contributed by atoms with E-state index in [0.29, 0.717) is 0 Å². The number of carbonyl (C=O) groups excluding carboxylic acids is 2. The summed E-state index contributed by atoms with van der Waals surface area (Å²) in [6.07, 6.45) is 1.53. The second-order valence-corrected chi connectivity index (χ2v) is 2.84. The van der Waals surface area contributed by atoms with Crippen LogP contribution in [0.3, 0.4) is 0 Å². The number of carbonyl (C=O) groups is 2. The Bertz CT molecular complexity index is 250. The van der Waals surface area contributed by atoms with Gasteiger partial charge >= 0.3 is 5.97 Å². The molecule has 2 unspecified atom stereocenters. The summed E-state index contributed by atoms with van der Waals surface area (Å²) in [7, 11) is 0. The van der Waals surface area contributed by atoms with Crippen molar-refractivity contribution in [3.63, 3.8) is 0 Å². The number of nitrogens with zero attached hydrogens (tertiary/aromatic N) is 1. The highest BCUT2D eigenvalue weighted by atomic mass is 16.5. The van der Waals surface area contributed by atoms with E-state index in [1.807, 2.05) is 0 Å². The minimum atomic E-state index is -0.752. The fourth-order valence-electron chi connectivity index (χ4n) is 1.17. The highest BCUT2D eigenvalue weighted by Gasteiger charge is 2.34. The molecule has 0 bridgehead atoms. The maximum Gasteiger partial charge on any atom is 0.319 e. The molecule has 0 spiro atoms. The number of nitrogens with one attached hydrogen (secondary N) is 1. The van der Waals surface area contributed by atoms with E-state index in [1.54, 1.807) is 13.8 Å². The number of hydrogen-bond donors (Lipinski definition) is 1. The molecular formula is C8H12N2O3. The predicted molar refractivity (Wildman–Crippen MR) is 45.9 cm³/mol. The second kappa shape index (κ2) is 4.02. The van der Waals surface area contributed by atoms with Crippen molar-refractivity contribution in [3.05, 3.63) is 0 Å². The smallest absolute Gasteiger partial charge is 0.319 e. The molecule has 1 aliphatic rings. The SMILES string of the molecule is CCOC(=O)C1C(=O)NN=CC1C. The summed E-state index contributed by atoms with van der Waals surface area (Å²) in [4.78, 5) is 22.5. The molecule has 1 aliphatic heterocycles. The summed E-state index contributed by atoms with van der Waals surface area (Å²) < 4.78 is 4.76. The van der Waals surface area contributed by atoms with Crippen molar-refractivity contribution in [3.8, 4) is 0 Å². The molecule has 0 aromatic rings. The Morgan fingerprint density at radius 2 is 2.46 bits per heavy atom. The lowest BCUT2D eigenvalue weighted by atomic mass is 9.93. The van der Waals surface area contributed by atoms with Crippen molar-refractivity contribution in [2.75, 3.05) is 6.61 Å². The summed E-state index contributed by atoms with van der Waals surface area (Å²) in [5, 5.41) is 3.60. The molecule has 1 rings (SSSR count). The van der Waals surface area contributed by atoms with Crippen molar-refractivity contribution in [1.82, 2.24) is 5.43 Å². The van der Waals surface area contributed by atoms with E-state index in [4.69, 9.17) is 4.74 Å². The maximum atomic E-state index is 11.3. The first-order valence-electron chi connectivity index (χ1n) is 4.16. The molecule has 13 heavy (non-hydrogen) atoms. The van der Waals surface area contributed by atoms with Crippen molar-refractivity contribution < 1.29 is 14.3 Å². The molecule has 1 N–H and O–H groups in total. The summed E-state index contributed by atoms with van der Waals surface area (Å²) in [6.45, 7) is 3.74. The minimum absolute atomic E-state index is 0.201. The molecule has 5 heteroatoms. The minimum Gasteiger partial charge on any atom is -0.465 e. The van der Waals surface area contributed by atoms with E-state index < -0.39 is 17.8 Å². The van der Waals surface area contributed by atoms with Gasteiger partial charge in [0.1, 0.15) is 5.92 Å². The molecule has 1 amide bonds. The van der Waals surface area contributed by atoms with Gasteiger partial charge in [-0.25, -0.2) is 5.43 Å². The third-order valence-electron chi connectivity index (χ3n) is 1.83. The molecule has 0 saturated carbocycles. The lowest BCUT2D eigenvalue weighted by Gasteiger charge is -2.20. The molecule has 1 heterocycles. The fraction of sp³-hybridized carbons (Fsp3) is 0.625. The largest absolute Gasteiger partial charge is 0.465 e. The highest BCUT2D eigenvalue weighted by molar-refractivity contribution is 6.01. The Kier molecular flexibility index (Phi) is 3.00. The number of hydrazone groups is 1. The zero-order chi connectivity index (χ0) is 9.84. The zero-order valence-corrected chi connectivity index (χ0v) is 7.61. The zero-order valence-electron chi connectivity index (χ0n) is 7.61. The Labute approximate surface area is 76.1 Å². The van der Waals surface area contributed by atoms with E-state index in [-0.39, 0.29) is 12.5 Å². The van der Waals surface area contributed by atoms with Crippen LogP contribution in [-0.2, 0) is 14.3 Å². The van der Waals surface area contributed by atoms with Crippen LogP contribution in [0.15, 0.2) is 5.10 Å². The molecule has 0 aromatic heterocycles. The van der Waals surface area contributed by atoms with Crippen LogP contribution in [0.25, 0.3) is 0 Å². The van der Waals surface area contributed by atoms with Crippen LogP contribution in [0.1, 0.15) is 13.8 Å². The van der Waals surface area contributed by atoms with Crippen LogP contribution in [-0.4, -0.2) is 24.7 Å². The number of ether oxygens (including phenoxy) is 1. The molecule has 0 fully saturated rings. The van der Waals surface area contributed by atoms with Gasteiger partial charge in [-0.15, -0.1) is 0 Å². The van der Waals surface area contributed by atoms with Gasteiger partial charge < -0.3 is 4.74 Å². The normalized spacial score (nSPS) is 26.8. The van der Waals surface area contributed by atoms with Gasteiger partial charge in [0.2, 0.25) is 0 Å². The quantitative estimate of drug-likeness (QED) is 0.482. The molecule has 2 atom stereocenters. The number of amides is 1. The summed E-state index contributed by atoms with van der Waals surface area (Å²) >= 11 is 0. The van der Waals surface area contributed by atoms with Crippen LogP contribution in [0, 0.1) is 11.8 Å². The first-order valence-corrected chi connectivity index (χ1v) is 4.16. The first kappa shape index (κ1) is 9.70. The van der Waals surface area contributed by atoms with Crippen LogP contribution in [0.5, 0.6) is 0 Å². The third-order valence-corrected chi connectivity index (χ3v) is 1.83. The Morgan fingerprint density at radius 1 is 1.77 bits per heavy atom. The molecule has 5 nitrogen and oxygen atoms in total. The van der Waals surface area contributed by atoms with E-state index in [1.165, 1.54) is 6.21 Å². The first-order chi connectivity index (χ1) is 6.16. The Balaban J connectivity index is 2.71. The van der Waals surface area contributed by atoms with Gasteiger partial charge in [-0.1, -0.05) is 6.92 Å². The van der Waals surface area contributed by atoms with Crippen molar-refractivity contribution in [1.29, 1.82) is 0 Å². The van der Waals surface area contributed by atoms with Gasteiger partial charge in [0, 0.05) is 12.1 Å². The monoisotopic (exact) mass is 184 g/mol. The Morgan fingerprint density at radius 3 is 3.00 bits per heavy atom. The highest BCUT2D eigenvalue weighted by Crippen LogP contribution is 2.14. The van der Waals surface area contributed by atoms with Crippen molar-refractivity contribution in [2.24, 2.45) is 16.9 Å². The average molecular weight is 184 g/mol.